The van der Waals surface area contributed by atoms with Gasteiger partial charge in [-0.15, -0.1) is 0 Å². The molecule has 11 heteroatoms. The number of halogens is 2. The zero-order chi connectivity index (χ0) is 29.4. The van der Waals surface area contributed by atoms with Gasteiger partial charge in [-0.05, 0) is 60.9 Å². The molecule has 3 aromatic rings. The van der Waals surface area contributed by atoms with Crippen LogP contribution in [0.5, 0.6) is 5.75 Å². The van der Waals surface area contributed by atoms with E-state index in [1.54, 1.807) is 56.5 Å². The normalized spacial score (nSPS) is 12.1. The first-order valence-electron chi connectivity index (χ1n) is 12.7. The Balaban J connectivity index is 2.02. The van der Waals surface area contributed by atoms with Gasteiger partial charge >= 0.3 is 0 Å². The van der Waals surface area contributed by atoms with Gasteiger partial charge in [0.25, 0.3) is 10.0 Å². The fourth-order valence-corrected chi connectivity index (χ4v) is 5.83. The highest BCUT2D eigenvalue weighted by Crippen LogP contribution is 2.30. The standard InChI is InChI=1S/C29H33Cl2N3O5S/c1-20(2)17-32-29(36)21(3)33(18-22-10-12-26(39-4)13-11-22)28(35)19-34(25-15-23(30)14-24(31)16-25)40(37,38)27-8-6-5-7-9-27/h5-16,20-21H,17-19H2,1-4H3,(H,32,36)/t21-/m1/s1. The van der Waals surface area contributed by atoms with Crippen molar-refractivity contribution in [3.05, 3.63) is 88.4 Å². The molecule has 0 heterocycles. The molecule has 8 nitrogen and oxygen atoms in total. The van der Waals surface area contributed by atoms with Crippen molar-refractivity contribution in [2.75, 3.05) is 24.5 Å². The molecule has 3 aromatic carbocycles. The van der Waals surface area contributed by atoms with Gasteiger partial charge in [0, 0.05) is 23.1 Å². The van der Waals surface area contributed by atoms with E-state index < -0.39 is 28.5 Å². The summed E-state index contributed by atoms with van der Waals surface area (Å²) in [6.45, 7) is 5.45. The topological polar surface area (TPSA) is 96.0 Å². The molecule has 0 aliphatic heterocycles. The first-order valence-corrected chi connectivity index (χ1v) is 14.9. The van der Waals surface area contributed by atoms with E-state index in [9.17, 15) is 18.0 Å². The molecule has 214 valence electrons. The van der Waals surface area contributed by atoms with Gasteiger partial charge in [0.1, 0.15) is 18.3 Å². The Bertz CT molecular complexity index is 1400. The second kappa shape index (κ2) is 13.9. The average Bonchev–Trinajstić information content (AvgIpc) is 2.92. The number of hydrogen-bond donors (Lipinski definition) is 1. The lowest BCUT2D eigenvalue weighted by molar-refractivity contribution is -0.139. The molecule has 0 bridgehead atoms. The summed E-state index contributed by atoms with van der Waals surface area (Å²) < 4.78 is 33.8. The maximum absolute atomic E-state index is 13.9. The first kappa shape index (κ1) is 31.3. The number of carbonyl (C=O) groups excluding carboxylic acids is 2. The lowest BCUT2D eigenvalue weighted by Crippen LogP contribution is -2.51. The van der Waals surface area contributed by atoms with Crippen molar-refractivity contribution in [3.8, 4) is 5.75 Å². The number of anilines is 1. The minimum absolute atomic E-state index is 0.0108. The molecule has 40 heavy (non-hydrogen) atoms. The van der Waals surface area contributed by atoms with Crippen LogP contribution in [0.1, 0.15) is 26.3 Å². The summed E-state index contributed by atoms with van der Waals surface area (Å²) in [4.78, 5) is 28.3. The van der Waals surface area contributed by atoms with Crippen molar-refractivity contribution in [2.24, 2.45) is 5.92 Å². The highest BCUT2D eigenvalue weighted by molar-refractivity contribution is 7.92. The SMILES string of the molecule is COc1ccc(CN(C(=O)CN(c2cc(Cl)cc(Cl)c2)S(=O)(=O)c2ccccc2)[C@H](C)C(=O)NCC(C)C)cc1. The van der Waals surface area contributed by atoms with E-state index in [4.69, 9.17) is 27.9 Å². The van der Waals surface area contributed by atoms with E-state index in [1.807, 2.05) is 13.8 Å². The molecular weight excluding hydrogens is 573 g/mol. The minimum Gasteiger partial charge on any atom is -0.497 e. The summed E-state index contributed by atoms with van der Waals surface area (Å²) in [7, 11) is -2.66. The number of sulfonamides is 1. The number of nitrogens with zero attached hydrogens (tertiary/aromatic N) is 2. The van der Waals surface area contributed by atoms with Crippen molar-refractivity contribution in [2.45, 2.75) is 38.3 Å². The van der Waals surface area contributed by atoms with E-state index in [0.29, 0.717) is 12.3 Å². The summed E-state index contributed by atoms with van der Waals surface area (Å²) in [5, 5.41) is 3.27. The third-order valence-electron chi connectivity index (χ3n) is 6.11. The quantitative estimate of drug-likeness (QED) is 0.299. The maximum Gasteiger partial charge on any atom is 0.264 e. The van der Waals surface area contributed by atoms with Crippen LogP contribution in [0.15, 0.2) is 77.7 Å². The van der Waals surface area contributed by atoms with Crippen LogP contribution in [0.4, 0.5) is 5.69 Å². The smallest absolute Gasteiger partial charge is 0.264 e. The van der Waals surface area contributed by atoms with Crippen molar-refractivity contribution in [3.63, 3.8) is 0 Å². The summed E-state index contributed by atoms with van der Waals surface area (Å²) >= 11 is 12.4. The van der Waals surface area contributed by atoms with Crippen molar-refractivity contribution < 1.29 is 22.7 Å². The summed E-state index contributed by atoms with van der Waals surface area (Å²) in [5.74, 6) is -0.0827. The fraction of sp³-hybridized carbons (Fsp3) is 0.310. The van der Waals surface area contributed by atoms with E-state index in [2.05, 4.69) is 5.32 Å². The van der Waals surface area contributed by atoms with Gasteiger partial charge in [0.05, 0.1) is 17.7 Å². The molecular formula is C29H33Cl2N3O5S. The monoisotopic (exact) mass is 605 g/mol. The molecule has 0 aliphatic carbocycles. The van der Waals surface area contributed by atoms with Crippen LogP contribution in [-0.2, 0) is 26.2 Å². The van der Waals surface area contributed by atoms with Crippen LogP contribution in [0.3, 0.4) is 0 Å². The van der Waals surface area contributed by atoms with Gasteiger partial charge in [0.2, 0.25) is 11.8 Å². The van der Waals surface area contributed by atoms with E-state index in [1.165, 1.54) is 35.2 Å². The minimum atomic E-state index is -4.21. The Morgan fingerprint density at radius 1 is 0.925 bits per heavy atom. The van der Waals surface area contributed by atoms with Crippen LogP contribution in [0.2, 0.25) is 10.0 Å². The summed E-state index contributed by atoms with van der Waals surface area (Å²) in [6, 6.07) is 18.3. The Morgan fingerprint density at radius 2 is 1.52 bits per heavy atom. The van der Waals surface area contributed by atoms with Gasteiger partial charge in [-0.2, -0.15) is 0 Å². The summed E-state index contributed by atoms with van der Waals surface area (Å²) in [5.41, 5.74) is 0.858. The highest BCUT2D eigenvalue weighted by atomic mass is 35.5. The fourth-order valence-electron chi connectivity index (χ4n) is 3.89. The van der Waals surface area contributed by atoms with Crippen LogP contribution in [0.25, 0.3) is 0 Å². The zero-order valence-electron chi connectivity index (χ0n) is 22.8. The third-order valence-corrected chi connectivity index (χ3v) is 8.33. The van der Waals surface area contributed by atoms with Crippen LogP contribution >= 0.6 is 23.2 Å². The molecule has 3 rings (SSSR count). The number of benzene rings is 3. The second-order valence-corrected chi connectivity index (χ2v) is 12.4. The summed E-state index contributed by atoms with van der Waals surface area (Å²) in [6.07, 6.45) is 0. The van der Waals surface area contributed by atoms with Crippen molar-refractivity contribution in [1.82, 2.24) is 10.2 Å². The number of carbonyl (C=O) groups is 2. The number of methoxy groups -OCH3 is 1. The van der Waals surface area contributed by atoms with E-state index >= 15 is 0 Å². The van der Waals surface area contributed by atoms with Gasteiger partial charge in [-0.1, -0.05) is 67.4 Å². The zero-order valence-corrected chi connectivity index (χ0v) is 25.1. The lowest BCUT2D eigenvalue weighted by atomic mass is 10.1. The first-order chi connectivity index (χ1) is 18.9. The molecule has 0 spiro atoms. The molecule has 0 radical (unpaired) electrons. The Morgan fingerprint density at radius 3 is 2.08 bits per heavy atom. The molecule has 0 unspecified atom stereocenters. The number of amides is 2. The van der Waals surface area contributed by atoms with Crippen molar-refractivity contribution >= 4 is 50.7 Å². The predicted octanol–water partition coefficient (Wildman–Crippen LogP) is 5.39. The molecule has 0 aromatic heterocycles. The molecule has 1 N–H and O–H groups in total. The van der Waals surface area contributed by atoms with E-state index in [-0.39, 0.29) is 39.0 Å². The van der Waals surface area contributed by atoms with E-state index in [0.717, 1.165) is 9.87 Å². The molecule has 0 saturated heterocycles. The Labute approximate surface area is 245 Å². The number of rotatable bonds is 12. The van der Waals surface area contributed by atoms with Crippen LogP contribution in [0, 0.1) is 5.92 Å². The number of hydrogen-bond acceptors (Lipinski definition) is 5. The Hall–Kier alpha value is -3.27. The Kier molecular flexibility index (Phi) is 10.8. The maximum atomic E-state index is 13.9. The van der Waals surface area contributed by atoms with Crippen molar-refractivity contribution in [1.29, 1.82) is 0 Å². The average molecular weight is 607 g/mol. The molecule has 2 amide bonds. The van der Waals surface area contributed by atoms with Gasteiger partial charge in [-0.25, -0.2) is 8.42 Å². The second-order valence-electron chi connectivity index (χ2n) is 9.64. The third kappa shape index (κ3) is 8.13. The van der Waals surface area contributed by atoms with Crippen LogP contribution in [-0.4, -0.2) is 51.4 Å². The van der Waals surface area contributed by atoms with Gasteiger partial charge < -0.3 is 15.0 Å². The molecule has 0 saturated carbocycles. The van der Waals surface area contributed by atoms with Gasteiger partial charge in [0.15, 0.2) is 0 Å². The lowest BCUT2D eigenvalue weighted by Gasteiger charge is -2.32. The molecule has 0 aliphatic rings. The molecule has 0 fully saturated rings. The number of nitrogens with one attached hydrogen (secondary N) is 1. The highest BCUT2D eigenvalue weighted by Gasteiger charge is 2.32. The van der Waals surface area contributed by atoms with Crippen LogP contribution < -0.4 is 14.4 Å². The molecule has 1 atom stereocenters. The largest absolute Gasteiger partial charge is 0.497 e. The number of ether oxygens (including phenoxy) is 1. The predicted molar refractivity (Wildman–Crippen MR) is 158 cm³/mol. The van der Waals surface area contributed by atoms with Gasteiger partial charge in [-0.3, -0.25) is 13.9 Å².